The van der Waals surface area contributed by atoms with Gasteiger partial charge in [0.05, 0.1) is 6.54 Å². The number of hydrogen-bond acceptors (Lipinski definition) is 5. The zero-order chi connectivity index (χ0) is 12.3. The van der Waals surface area contributed by atoms with Crippen molar-refractivity contribution in [3.63, 3.8) is 0 Å². The highest BCUT2D eigenvalue weighted by Crippen LogP contribution is 2.11. The van der Waals surface area contributed by atoms with Gasteiger partial charge in [0.25, 0.3) is 0 Å². The summed E-state index contributed by atoms with van der Waals surface area (Å²) in [6.07, 6.45) is 0.889. The highest BCUT2D eigenvalue weighted by atomic mass is 16.5. The van der Waals surface area contributed by atoms with E-state index >= 15 is 0 Å². The lowest BCUT2D eigenvalue weighted by Gasteiger charge is -2.36. The second-order valence-electron chi connectivity index (χ2n) is 5.08. The van der Waals surface area contributed by atoms with E-state index in [1.54, 1.807) is 0 Å². The Morgan fingerprint density at radius 3 is 2.76 bits per heavy atom. The van der Waals surface area contributed by atoms with Crippen LogP contribution in [0.15, 0.2) is 4.52 Å². The van der Waals surface area contributed by atoms with Gasteiger partial charge in [-0.15, -0.1) is 0 Å². The van der Waals surface area contributed by atoms with Gasteiger partial charge in [0, 0.05) is 25.6 Å². The molecule has 0 atom stereocenters. The first kappa shape index (κ1) is 12.5. The van der Waals surface area contributed by atoms with Crippen molar-refractivity contribution in [1.29, 1.82) is 0 Å². The Labute approximate surface area is 103 Å². The minimum absolute atomic E-state index is 0.568. The van der Waals surface area contributed by atoms with E-state index in [1.807, 2.05) is 0 Å². The second-order valence-corrected chi connectivity index (χ2v) is 5.08. The maximum atomic E-state index is 5.29. The molecule has 17 heavy (non-hydrogen) atoms. The zero-order valence-electron chi connectivity index (χ0n) is 10.9. The van der Waals surface area contributed by atoms with E-state index in [9.17, 15) is 0 Å². The lowest BCUT2D eigenvalue weighted by Crippen LogP contribution is -2.56. The van der Waals surface area contributed by atoms with E-state index in [0.717, 1.165) is 44.3 Å². The van der Waals surface area contributed by atoms with Crippen molar-refractivity contribution in [2.75, 3.05) is 19.6 Å². The summed E-state index contributed by atoms with van der Waals surface area (Å²) in [5.41, 5.74) is 0. The van der Waals surface area contributed by atoms with Crippen molar-refractivity contribution in [3.05, 3.63) is 11.7 Å². The van der Waals surface area contributed by atoms with Crippen LogP contribution in [0.4, 0.5) is 0 Å². The number of nitrogens with one attached hydrogen (secondary N) is 1. The molecule has 2 rings (SSSR count). The fourth-order valence-corrected chi connectivity index (χ4v) is 2.01. The molecular weight excluding hydrogens is 216 g/mol. The topological polar surface area (TPSA) is 54.2 Å². The molecule has 1 saturated heterocycles. The Morgan fingerprint density at radius 1 is 1.47 bits per heavy atom. The zero-order valence-corrected chi connectivity index (χ0v) is 10.9. The first-order valence-electron chi connectivity index (χ1n) is 6.45. The van der Waals surface area contributed by atoms with Crippen LogP contribution in [0, 0.1) is 5.92 Å². The Hall–Kier alpha value is -0.940. The molecule has 2 heterocycles. The number of likely N-dealkylation sites (N-methyl/N-ethyl adjacent to an activating group) is 1. The highest BCUT2D eigenvalue weighted by Gasteiger charge is 2.24. The van der Waals surface area contributed by atoms with Crippen LogP contribution in [-0.4, -0.2) is 40.7 Å². The molecule has 0 aromatic carbocycles. The smallest absolute Gasteiger partial charge is 0.240 e. The van der Waals surface area contributed by atoms with E-state index < -0.39 is 0 Å². The lowest BCUT2D eigenvalue weighted by molar-refractivity contribution is 0.129. The Morgan fingerprint density at radius 2 is 2.24 bits per heavy atom. The van der Waals surface area contributed by atoms with E-state index in [2.05, 4.69) is 41.1 Å². The van der Waals surface area contributed by atoms with Gasteiger partial charge in [0.15, 0.2) is 5.82 Å². The molecule has 1 N–H and O–H groups in total. The summed E-state index contributed by atoms with van der Waals surface area (Å²) in [5, 5.41) is 7.30. The van der Waals surface area contributed by atoms with E-state index in [4.69, 9.17) is 4.52 Å². The Balaban J connectivity index is 1.90. The quantitative estimate of drug-likeness (QED) is 0.803. The van der Waals surface area contributed by atoms with Crippen LogP contribution >= 0.6 is 0 Å². The minimum Gasteiger partial charge on any atom is -0.338 e. The van der Waals surface area contributed by atoms with Gasteiger partial charge in [-0.05, 0) is 12.5 Å². The predicted molar refractivity (Wildman–Crippen MR) is 65.6 cm³/mol. The van der Waals surface area contributed by atoms with Gasteiger partial charge in [-0.3, -0.25) is 4.90 Å². The molecule has 0 radical (unpaired) electrons. The molecular formula is C12H22N4O. The van der Waals surface area contributed by atoms with Crippen LogP contribution in [0.3, 0.4) is 0 Å². The molecule has 96 valence electrons. The number of hydrogen-bond donors (Lipinski definition) is 1. The highest BCUT2D eigenvalue weighted by molar-refractivity contribution is 4.91. The van der Waals surface area contributed by atoms with Gasteiger partial charge in [-0.25, -0.2) is 0 Å². The summed E-state index contributed by atoms with van der Waals surface area (Å²) in [7, 11) is 0. The monoisotopic (exact) mass is 238 g/mol. The predicted octanol–water partition coefficient (Wildman–Crippen LogP) is 1.06. The normalized spacial score (nSPS) is 16.8. The molecule has 5 nitrogen and oxygen atoms in total. The summed E-state index contributed by atoms with van der Waals surface area (Å²) >= 11 is 0. The molecule has 1 fully saturated rings. The standard InChI is InChI=1S/C12H22N4O/c1-4-16(10-6-13-7-10)8-12-14-11(15-17-12)5-9(2)3/h9-10,13H,4-8H2,1-3H3. The third-order valence-electron chi connectivity index (χ3n) is 3.12. The van der Waals surface area contributed by atoms with E-state index in [1.165, 1.54) is 0 Å². The summed E-state index contributed by atoms with van der Waals surface area (Å²) in [6, 6.07) is 0.625. The number of rotatable bonds is 6. The van der Waals surface area contributed by atoms with Gasteiger partial charge >= 0.3 is 0 Å². The molecule has 0 unspecified atom stereocenters. The van der Waals surface area contributed by atoms with Crippen molar-refractivity contribution in [3.8, 4) is 0 Å². The Bertz CT molecular complexity index is 346. The van der Waals surface area contributed by atoms with Crippen LogP contribution in [0.5, 0.6) is 0 Å². The molecule has 0 aliphatic carbocycles. The maximum absolute atomic E-state index is 5.29. The van der Waals surface area contributed by atoms with Gasteiger partial charge in [0.2, 0.25) is 5.89 Å². The van der Waals surface area contributed by atoms with Crippen molar-refractivity contribution in [1.82, 2.24) is 20.4 Å². The maximum Gasteiger partial charge on any atom is 0.240 e. The van der Waals surface area contributed by atoms with Gasteiger partial charge in [-0.2, -0.15) is 4.98 Å². The largest absolute Gasteiger partial charge is 0.338 e. The molecule has 0 amide bonds. The molecule has 1 aliphatic heterocycles. The molecule has 1 aliphatic rings. The average molecular weight is 238 g/mol. The van der Waals surface area contributed by atoms with E-state index in [0.29, 0.717) is 12.0 Å². The summed E-state index contributed by atoms with van der Waals surface area (Å²) < 4.78 is 5.29. The third kappa shape index (κ3) is 3.26. The average Bonchev–Trinajstić information content (AvgIpc) is 2.60. The van der Waals surface area contributed by atoms with Crippen molar-refractivity contribution < 1.29 is 4.52 Å². The Kier molecular flexibility index (Phi) is 4.12. The fraction of sp³-hybridized carbons (Fsp3) is 0.833. The van der Waals surface area contributed by atoms with Crippen molar-refractivity contribution in [2.24, 2.45) is 5.92 Å². The summed E-state index contributed by atoms with van der Waals surface area (Å²) in [6.45, 7) is 10.4. The first-order chi connectivity index (χ1) is 8.19. The molecule has 1 aromatic heterocycles. The summed E-state index contributed by atoms with van der Waals surface area (Å²) in [5.74, 6) is 2.14. The second kappa shape index (κ2) is 5.60. The SMILES string of the molecule is CCN(Cc1nc(CC(C)C)no1)C1CNC1. The summed E-state index contributed by atoms with van der Waals surface area (Å²) in [4.78, 5) is 6.82. The molecule has 0 bridgehead atoms. The third-order valence-corrected chi connectivity index (χ3v) is 3.12. The van der Waals surface area contributed by atoms with Crippen LogP contribution in [0.1, 0.15) is 32.5 Å². The fourth-order valence-electron chi connectivity index (χ4n) is 2.01. The first-order valence-corrected chi connectivity index (χ1v) is 6.45. The molecule has 5 heteroatoms. The van der Waals surface area contributed by atoms with Crippen LogP contribution in [0.25, 0.3) is 0 Å². The van der Waals surface area contributed by atoms with Gasteiger partial charge < -0.3 is 9.84 Å². The van der Waals surface area contributed by atoms with Gasteiger partial charge in [0.1, 0.15) is 0 Å². The molecule has 1 aromatic rings. The molecule has 0 spiro atoms. The van der Waals surface area contributed by atoms with Crippen LogP contribution in [-0.2, 0) is 13.0 Å². The van der Waals surface area contributed by atoms with Crippen LogP contribution in [0.2, 0.25) is 0 Å². The van der Waals surface area contributed by atoms with Gasteiger partial charge in [-0.1, -0.05) is 25.9 Å². The molecule has 0 saturated carbocycles. The number of nitrogens with zero attached hydrogens (tertiary/aromatic N) is 3. The van der Waals surface area contributed by atoms with E-state index in [-0.39, 0.29) is 0 Å². The number of aromatic nitrogens is 2. The lowest BCUT2D eigenvalue weighted by atomic mass is 10.1. The van der Waals surface area contributed by atoms with Crippen molar-refractivity contribution in [2.45, 2.75) is 39.8 Å². The van der Waals surface area contributed by atoms with Crippen LogP contribution < -0.4 is 5.32 Å². The minimum atomic E-state index is 0.568. The van der Waals surface area contributed by atoms with Crippen molar-refractivity contribution >= 4 is 0 Å².